The molecule has 3 amide bonds. The van der Waals surface area contributed by atoms with Crippen LogP contribution < -0.4 is 27.4 Å². The molecule has 572 valence electrons. The van der Waals surface area contributed by atoms with Gasteiger partial charge in [0, 0.05) is 90.0 Å². The molecule has 0 spiro atoms. The van der Waals surface area contributed by atoms with E-state index >= 15 is 0 Å². The highest BCUT2D eigenvalue weighted by Gasteiger charge is 2.31. The van der Waals surface area contributed by atoms with Gasteiger partial charge in [-0.15, -0.1) is 45.3 Å². The molecule has 9 N–H and O–H groups in total. The standard InChI is InChI=1S/C23H16F3N3O2S.C16H13N3O3S.C15H11N3O3S.C9H11NO2.C7H6F3N.C7H4N2O2S/c1-13-5-6-15(19(30)10-14-3-2-4-16(9-14)23(24,25)26)11-17(13)29-21(31)20-12-18-22(32-20)28-8-7-27-18;1-9-3-4-10(16(21)22-2)7-11(9)19-14(20)13-8-12-15(23-13)18-6-5-17-12;1-8-2-3-9(15(20)21)6-10(8)18-13(19)12-7-11-14(22-12)17-5-4-16-11;1-6-3-4-7(5-8(6)10)9(11)12-2;8-7(9,10)5-2-1-3-6(11)4-5;10-7(11)5-3-4-6(12-5)9-2-1-8-4/h2-9,11-12H,10H2,1H3,(H,29,31);3-8H,1-2H3,(H,19,20);2-7H,1H3,(H,18,19)(H,20,21);3-5H,10H2,1-2H3;1-4H,11H2;1-3H,(H,10,11). The first-order valence-corrected chi connectivity index (χ1v) is 35.7. The van der Waals surface area contributed by atoms with Gasteiger partial charge >= 0.3 is 36.2 Å². The van der Waals surface area contributed by atoms with Gasteiger partial charge in [-0.3, -0.25) is 39.1 Å². The number of methoxy groups -OCH3 is 2. The molecule has 0 bridgehead atoms. The molecule has 112 heavy (non-hydrogen) atoms. The SMILES string of the molecule is COC(=O)c1ccc(C)c(N)c1.COC(=O)c1ccc(C)c(NC(=O)c2cc3nccnc3s2)c1.Cc1ccc(C(=O)Cc2cccc(C(F)(F)F)c2)cc1NC(=O)c1cc2nccnc2s1.Cc1ccc(C(=O)O)cc1NC(=O)c1cc2nccnc2s1.Nc1cccc(C(F)(F)F)c1.O=C(O)c1cc2nccnc2s1. The number of hydrogen-bond donors (Lipinski definition) is 7. The first kappa shape index (κ1) is 82.7. The van der Waals surface area contributed by atoms with Crippen molar-refractivity contribution in [3.63, 3.8) is 0 Å². The number of esters is 2. The van der Waals surface area contributed by atoms with Crippen molar-refractivity contribution in [3.8, 4) is 0 Å². The number of nitrogens with one attached hydrogen (secondary N) is 3. The number of anilines is 5. The maximum atomic E-state index is 12.9. The third-order valence-corrected chi connectivity index (χ3v) is 19.6. The fourth-order valence-corrected chi connectivity index (χ4v) is 13.0. The zero-order chi connectivity index (χ0) is 81.1. The van der Waals surface area contributed by atoms with E-state index in [1.165, 1.54) is 96.8 Å². The lowest BCUT2D eigenvalue weighted by Gasteiger charge is -2.11. The van der Waals surface area contributed by atoms with Crippen LogP contribution in [0.25, 0.3) is 41.4 Å². The predicted octanol–water partition coefficient (Wildman–Crippen LogP) is 16.7. The lowest BCUT2D eigenvalue weighted by Crippen LogP contribution is -2.12. The van der Waals surface area contributed by atoms with Gasteiger partial charge in [0.05, 0.1) is 56.7 Å². The second-order valence-corrected chi connectivity index (χ2v) is 27.6. The first-order chi connectivity index (χ1) is 53.2. The molecule has 0 saturated heterocycles. The topological polar surface area (TPSA) is 387 Å². The van der Waals surface area contributed by atoms with E-state index in [9.17, 15) is 64.7 Å². The third kappa shape index (κ3) is 22.4. The molecule has 0 radical (unpaired) electrons. The number of thiophene rings is 4. The molecule has 25 nitrogen and oxygen atoms in total. The van der Waals surface area contributed by atoms with Crippen LogP contribution in [-0.2, 0) is 28.2 Å². The van der Waals surface area contributed by atoms with Crippen LogP contribution in [0.4, 0.5) is 54.8 Å². The van der Waals surface area contributed by atoms with Crippen molar-refractivity contribution in [2.45, 2.75) is 46.5 Å². The maximum absolute atomic E-state index is 12.9. The van der Waals surface area contributed by atoms with Gasteiger partial charge in [0.2, 0.25) is 0 Å². The number of halogens is 6. The van der Waals surface area contributed by atoms with Crippen molar-refractivity contribution in [2.75, 3.05) is 41.6 Å². The van der Waals surface area contributed by atoms with Crippen LogP contribution in [0.15, 0.2) is 195 Å². The average molecular weight is 1600 g/mol. The molecule has 6 aromatic carbocycles. The Morgan fingerprint density at radius 2 is 0.732 bits per heavy atom. The number of aromatic nitrogens is 8. The number of nitrogen functional groups attached to an aromatic ring is 2. The molecule has 14 rings (SSSR count). The van der Waals surface area contributed by atoms with Gasteiger partial charge in [-0.2, -0.15) is 26.3 Å². The Bertz CT molecular complexity index is 5720. The number of aryl methyl sites for hydroxylation is 4. The number of aromatic carboxylic acids is 2. The number of carbonyl (C=O) groups excluding carboxylic acids is 6. The highest BCUT2D eigenvalue weighted by Crippen LogP contribution is 2.33. The smallest absolute Gasteiger partial charge is 0.416 e. The molecule has 0 fully saturated rings. The van der Waals surface area contributed by atoms with Crippen LogP contribution in [0.5, 0.6) is 0 Å². The average Bonchev–Trinajstić information content (AvgIpc) is 1.71. The Kier molecular flexibility index (Phi) is 27.4. The number of carbonyl (C=O) groups is 8. The summed E-state index contributed by atoms with van der Waals surface area (Å²) in [6.45, 7) is 7.32. The van der Waals surface area contributed by atoms with E-state index < -0.39 is 41.4 Å². The summed E-state index contributed by atoms with van der Waals surface area (Å²) < 4.78 is 83.7. The Balaban J connectivity index is 0.000000161. The number of carboxylic acids is 2. The van der Waals surface area contributed by atoms with E-state index in [2.05, 4.69) is 60.6 Å². The van der Waals surface area contributed by atoms with E-state index in [1.54, 1.807) is 136 Å². The number of hydrogen-bond acceptors (Lipinski definition) is 24. The minimum atomic E-state index is -4.47. The van der Waals surface area contributed by atoms with Gasteiger partial charge in [0.25, 0.3) is 17.7 Å². The Morgan fingerprint density at radius 3 is 1.10 bits per heavy atom. The van der Waals surface area contributed by atoms with Crippen molar-refractivity contribution < 1.29 is 84.4 Å². The van der Waals surface area contributed by atoms with Crippen molar-refractivity contribution in [2.24, 2.45) is 0 Å². The second kappa shape index (κ2) is 37.2. The molecule has 0 unspecified atom stereocenters. The molecule has 0 saturated carbocycles. The Hall–Kier alpha value is -13.4. The fraction of sp³-hybridized carbons (Fsp3) is 0.117. The number of alkyl halides is 6. The second-order valence-electron chi connectivity index (χ2n) is 23.5. The highest BCUT2D eigenvalue weighted by atomic mass is 32.1. The van der Waals surface area contributed by atoms with E-state index in [0.717, 1.165) is 57.9 Å². The number of Topliss-reactive ketones (excluding diaryl/α,β-unsaturated/α-hetero) is 1. The zero-order valence-corrected chi connectivity index (χ0v) is 62.6. The number of amides is 3. The van der Waals surface area contributed by atoms with Crippen LogP contribution in [0.1, 0.15) is 119 Å². The van der Waals surface area contributed by atoms with E-state index in [0.29, 0.717) is 95.5 Å². The van der Waals surface area contributed by atoms with Gasteiger partial charge in [0.1, 0.15) is 46.3 Å². The number of carboxylic acid groups (broad SMARTS) is 2. The lowest BCUT2D eigenvalue weighted by molar-refractivity contribution is -0.138. The molecule has 0 atom stereocenters. The van der Waals surface area contributed by atoms with Gasteiger partial charge < -0.3 is 47.1 Å². The van der Waals surface area contributed by atoms with Gasteiger partial charge in [-0.05, 0) is 147 Å². The number of nitrogens with two attached hydrogens (primary N) is 2. The molecule has 35 heteroatoms. The minimum Gasteiger partial charge on any atom is -0.478 e. The number of fused-ring (bicyclic) bond motifs is 4. The lowest BCUT2D eigenvalue weighted by atomic mass is 9.99. The summed E-state index contributed by atoms with van der Waals surface area (Å²) >= 11 is 4.84. The van der Waals surface area contributed by atoms with Crippen LogP contribution in [0, 0.1) is 27.7 Å². The van der Waals surface area contributed by atoms with Crippen molar-refractivity contribution in [1.82, 2.24) is 39.9 Å². The molecule has 8 heterocycles. The molecule has 14 aromatic rings. The van der Waals surface area contributed by atoms with E-state index in [-0.39, 0.29) is 57.6 Å². The van der Waals surface area contributed by atoms with Gasteiger partial charge in [0.15, 0.2) is 5.78 Å². The monoisotopic (exact) mass is 1600 g/mol. The molecule has 0 aliphatic carbocycles. The highest BCUT2D eigenvalue weighted by molar-refractivity contribution is 7.21. The minimum absolute atomic E-state index is 0.125. The van der Waals surface area contributed by atoms with Crippen LogP contribution in [0.3, 0.4) is 0 Å². The predicted molar refractivity (Wildman–Crippen MR) is 415 cm³/mol. The zero-order valence-electron chi connectivity index (χ0n) is 59.3. The maximum Gasteiger partial charge on any atom is 0.416 e. The molecular formula is C77H61F6N13O12S4. The molecule has 0 aliphatic rings. The first-order valence-electron chi connectivity index (χ1n) is 32.4. The van der Waals surface area contributed by atoms with Crippen molar-refractivity contribution >= 4 is 163 Å². The summed E-state index contributed by atoms with van der Waals surface area (Å²) in [5.74, 6) is -4.06. The van der Waals surface area contributed by atoms with Gasteiger partial charge in [-0.1, -0.05) is 54.6 Å². The number of benzene rings is 6. The molecule has 0 aliphatic heterocycles. The molecule has 8 aromatic heterocycles. The summed E-state index contributed by atoms with van der Waals surface area (Å²) in [4.78, 5) is 132. The normalized spacial score (nSPS) is 10.8. The quantitative estimate of drug-likeness (QED) is 0.0244. The van der Waals surface area contributed by atoms with Gasteiger partial charge in [-0.25, -0.2) is 39.1 Å². The van der Waals surface area contributed by atoms with Crippen LogP contribution in [-0.4, -0.2) is 112 Å². The van der Waals surface area contributed by atoms with Crippen LogP contribution >= 0.6 is 45.3 Å². The Morgan fingerprint density at radius 1 is 0.393 bits per heavy atom. The number of rotatable bonds is 13. The summed E-state index contributed by atoms with van der Waals surface area (Å²) in [6, 6.07) is 35.3. The fourth-order valence-electron chi connectivity index (χ4n) is 9.65. The summed E-state index contributed by atoms with van der Waals surface area (Å²) in [7, 11) is 2.66. The van der Waals surface area contributed by atoms with E-state index in [4.69, 9.17) is 26.4 Å². The Labute approximate surface area is 647 Å². The third-order valence-electron chi connectivity index (χ3n) is 15.5. The number of nitrogens with zero attached hydrogens (tertiary/aromatic N) is 8. The summed E-state index contributed by atoms with van der Waals surface area (Å²) in [5.41, 5.74) is 19.0. The number of ketones is 1. The summed E-state index contributed by atoms with van der Waals surface area (Å²) in [5, 5.41) is 26.0. The summed E-state index contributed by atoms with van der Waals surface area (Å²) in [6.07, 6.45) is 3.53. The van der Waals surface area contributed by atoms with Crippen molar-refractivity contribution in [1.29, 1.82) is 0 Å². The van der Waals surface area contributed by atoms with E-state index in [1.807, 2.05) is 13.8 Å². The van der Waals surface area contributed by atoms with Crippen LogP contribution in [0.2, 0.25) is 0 Å². The molecular weight excluding hydrogens is 1540 g/mol. The van der Waals surface area contributed by atoms with Crippen molar-refractivity contribution in [3.05, 3.63) is 276 Å². The number of ether oxygens (including phenoxy) is 2. The largest absolute Gasteiger partial charge is 0.478 e.